The van der Waals surface area contributed by atoms with Crippen LogP contribution in [0.3, 0.4) is 0 Å². The van der Waals surface area contributed by atoms with Crippen LogP contribution in [0.15, 0.2) is 18.2 Å². The van der Waals surface area contributed by atoms with E-state index in [-0.39, 0.29) is 18.8 Å². The molecule has 88 valence electrons. The van der Waals surface area contributed by atoms with E-state index in [0.29, 0.717) is 5.69 Å². The number of aliphatic hydroxyl groups excluding tert-OH is 2. The summed E-state index contributed by atoms with van der Waals surface area (Å²) in [4.78, 5) is 10.1. The third kappa shape index (κ3) is 3.58. The minimum atomic E-state index is -0.880. The molecule has 0 saturated carbocycles. The highest BCUT2D eigenvalue weighted by atomic mass is 127. The Labute approximate surface area is 106 Å². The van der Waals surface area contributed by atoms with Crippen molar-refractivity contribution in [3.8, 4) is 0 Å². The van der Waals surface area contributed by atoms with Gasteiger partial charge in [0.2, 0.25) is 0 Å². The van der Waals surface area contributed by atoms with Crippen molar-refractivity contribution in [2.75, 3.05) is 18.5 Å². The molecule has 1 rings (SSSR count). The van der Waals surface area contributed by atoms with Gasteiger partial charge in [-0.05, 0) is 28.7 Å². The van der Waals surface area contributed by atoms with Crippen molar-refractivity contribution in [1.82, 2.24) is 0 Å². The lowest BCUT2D eigenvalue weighted by molar-refractivity contribution is -0.384. The Morgan fingerprint density at radius 3 is 2.81 bits per heavy atom. The highest BCUT2D eigenvalue weighted by molar-refractivity contribution is 14.1. The van der Waals surface area contributed by atoms with Gasteiger partial charge >= 0.3 is 0 Å². The van der Waals surface area contributed by atoms with Gasteiger partial charge in [0.1, 0.15) is 0 Å². The van der Waals surface area contributed by atoms with Crippen LogP contribution in [-0.2, 0) is 0 Å². The second kappa shape index (κ2) is 5.97. The van der Waals surface area contributed by atoms with Gasteiger partial charge in [-0.15, -0.1) is 0 Å². The second-order valence-corrected chi connectivity index (χ2v) is 4.30. The number of nitrogens with zero attached hydrogens (tertiary/aromatic N) is 1. The summed E-state index contributed by atoms with van der Waals surface area (Å²) in [6.07, 6.45) is -0.880. The average Bonchev–Trinajstić information content (AvgIpc) is 2.27. The Morgan fingerprint density at radius 1 is 1.56 bits per heavy atom. The standard InChI is InChI=1S/C9H11IN2O4/c10-8-2-1-6(12(15)16)3-9(8)11-4-7(14)5-13/h1-3,7,11,13-14H,4-5H2. The quantitative estimate of drug-likeness (QED) is 0.422. The van der Waals surface area contributed by atoms with Crippen molar-refractivity contribution in [1.29, 1.82) is 0 Å². The zero-order chi connectivity index (χ0) is 12.1. The molecule has 0 radical (unpaired) electrons. The predicted octanol–water partition coefficient (Wildman–Crippen LogP) is 0.964. The van der Waals surface area contributed by atoms with Crippen LogP contribution in [-0.4, -0.2) is 34.4 Å². The number of halogens is 1. The topological polar surface area (TPSA) is 95.6 Å². The van der Waals surface area contributed by atoms with Gasteiger partial charge < -0.3 is 15.5 Å². The van der Waals surface area contributed by atoms with Crippen molar-refractivity contribution >= 4 is 34.0 Å². The van der Waals surface area contributed by atoms with Gasteiger partial charge in [-0.3, -0.25) is 10.1 Å². The first-order valence-electron chi connectivity index (χ1n) is 4.51. The number of nitrogens with one attached hydrogen (secondary N) is 1. The van der Waals surface area contributed by atoms with Crippen LogP contribution in [0.5, 0.6) is 0 Å². The Balaban J connectivity index is 2.78. The second-order valence-electron chi connectivity index (χ2n) is 3.14. The van der Waals surface area contributed by atoms with E-state index < -0.39 is 11.0 Å². The van der Waals surface area contributed by atoms with Crippen LogP contribution in [0.4, 0.5) is 11.4 Å². The molecule has 1 aromatic carbocycles. The van der Waals surface area contributed by atoms with Crippen molar-refractivity contribution < 1.29 is 15.1 Å². The number of nitro groups is 1. The lowest BCUT2D eigenvalue weighted by atomic mass is 10.2. The summed E-state index contributed by atoms with van der Waals surface area (Å²) in [5, 5.41) is 31.1. The fraction of sp³-hybridized carbons (Fsp3) is 0.333. The summed E-state index contributed by atoms with van der Waals surface area (Å²) in [5.74, 6) is 0. The van der Waals surface area contributed by atoms with Gasteiger partial charge in [0, 0.05) is 22.2 Å². The van der Waals surface area contributed by atoms with Gasteiger partial charge in [0.25, 0.3) is 5.69 Å². The lowest BCUT2D eigenvalue weighted by Crippen LogP contribution is -2.23. The van der Waals surface area contributed by atoms with Crippen molar-refractivity contribution in [3.05, 3.63) is 31.9 Å². The molecule has 0 bridgehead atoms. The molecule has 0 heterocycles. The minimum absolute atomic E-state index is 0.0126. The van der Waals surface area contributed by atoms with Crippen LogP contribution >= 0.6 is 22.6 Å². The molecule has 0 aliphatic carbocycles. The van der Waals surface area contributed by atoms with Gasteiger partial charge in [-0.1, -0.05) is 0 Å². The average molecular weight is 338 g/mol. The number of benzene rings is 1. The number of nitro benzene ring substituents is 1. The first-order valence-corrected chi connectivity index (χ1v) is 5.59. The lowest BCUT2D eigenvalue weighted by Gasteiger charge is -2.11. The SMILES string of the molecule is O=[N+]([O-])c1ccc(I)c(NCC(O)CO)c1. The summed E-state index contributed by atoms with van der Waals surface area (Å²) in [5.41, 5.74) is 0.559. The van der Waals surface area contributed by atoms with E-state index >= 15 is 0 Å². The molecule has 1 aromatic rings. The van der Waals surface area contributed by atoms with Gasteiger partial charge in [0.05, 0.1) is 23.3 Å². The normalized spacial score (nSPS) is 12.2. The molecular formula is C9H11IN2O4. The summed E-state index contributed by atoms with van der Waals surface area (Å²) in [6, 6.07) is 4.42. The minimum Gasteiger partial charge on any atom is -0.394 e. The highest BCUT2D eigenvalue weighted by Crippen LogP contribution is 2.23. The summed E-state index contributed by atoms with van der Waals surface area (Å²) < 4.78 is 0.813. The van der Waals surface area contributed by atoms with Crippen LogP contribution in [0.1, 0.15) is 0 Å². The number of non-ortho nitro benzene ring substituents is 1. The third-order valence-corrected chi connectivity index (χ3v) is 2.84. The summed E-state index contributed by atoms with van der Waals surface area (Å²) in [7, 11) is 0. The first-order chi connectivity index (χ1) is 7.54. The van der Waals surface area contributed by atoms with E-state index in [2.05, 4.69) is 5.32 Å². The number of aliphatic hydroxyl groups is 2. The zero-order valence-corrected chi connectivity index (χ0v) is 10.4. The Kier molecular flexibility index (Phi) is 4.90. The highest BCUT2D eigenvalue weighted by Gasteiger charge is 2.10. The van der Waals surface area contributed by atoms with Crippen molar-refractivity contribution in [2.24, 2.45) is 0 Å². The summed E-state index contributed by atoms with van der Waals surface area (Å²) >= 11 is 2.03. The van der Waals surface area contributed by atoms with Crippen LogP contribution in [0, 0.1) is 13.7 Å². The Bertz CT molecular complexity index is 386. The van der Waals surface area contributed by atoms with Gasteiger partial charge in [-0.2, -0.15) is 0 Å². The molecule has 0 aliphatic heterocycles. The molecule has 6 nitrogen and oxygen atoms in total. The maximum atomic E-state index is 10.5. The van der Waals surface area contributed by atoms with Crippen LogP contribution < -0.4 is 5.32 Å². The fourth-order valence-corrected chi connectivity index (χ4v) is 1.58. The van der Waals surface area contributed by atoms with Crippen molar-refractivity contribution in [2.45, 2.75) is 6.10 Å². The van der Waals surface area contributed by atoms with Gasteiger partial charge in [0.15, 0.2) is 0 Å². The fourth-order valence-electron chi connectivity index (χ4n) is 1.05. The van der Waals surface area contributed by atoms with E-state index in [4.69, 9.17) is 10.2 Å². The molecule has 1 atom stereocenters. The maximum Gasteiger partial charge on any atom is 0.271 e. The Morgan fingerprint density at radius 2 is 2.25 bits per heavy atom. The smallest absolute Gasteiger partial charge is 0.271 e. The molecule has 0 spiro atoms. The molecule has 0 amide bonds. The molecule has 0 fully saturated rings. The van der Waals surface area contributed by atoms with E-state index in [1.807, 2.05) is 22.6 Å². The van der Waals surface area contributed by atoms with E-state index in [1.54, 1.807) is 6.07 Å². The number of hydrogen-bond donors (Lipinski definition) is 3. The first kappa shape index (κ1) is 13.1. The summed E-state index contributed by atoms with van der Waals surface area (Å²) in [6.45, 7) is -0.202. The van der Waals surface area contributed by atoms with Crippen LogP contribution in [0.25, 0.3) is 0 Å². The predicted molar refractivity (Wildman–Crippen MR) is 67.4 cm³/mol. The number of rotatable bonds is 5. The maximum absolute atomic E-state index is 10.5. The Hall–Kier alpha value is -0.930. The van der Waals surface area contributed by atoms with E-state index in [9.17, 15) is 10.1 Å². The van der Waals surface area contributed by atoms with E-state index in [1.165, 1.54) is 12.1 Å². The third-order valence-electron chi connectivity index (χ3n) is 1.90. The van der Waals surface area contributed by atoms with Crippen molar-refractivity contribution in [3.63, 3.8) is 0 Å². The molecule has 1 unspecified atom stereocenters. The van der Waals surface area contributed by atoms with Crippen LogP contribution in [0.2, 0.25) is 0 Å². The molecule has 3 N–H and O–H groups in total. The monoisotopic (exact) mass is 338 g/mol. The molecule has 16 heavy (non-hydrogen) atoms. The van der Waals surface area contributed by atoms with E-state index in [0.717, 1.165) is 3.57 Å². The molecule has 0 aliphatic rings. The van der Waals surface area contributed by atoms with Gasteiger partial charge in [-0.25, -0.2) is 0 Å². The number of hydrogen-bond acceptors (Lipinski definition) is 5. The largest absolute Gasteiger partial charge is 0.394 e. The number of anilines is 1. The molecule has 0 saturated heterocycles. The molecule has 0 aromatic heterocycles. The molecular weight excluding hydrogens is 327 g/mol. The molecule has 7 heteroatoms. The zero-order valence-electron chi connectivity index (χ0n) is 8.26.